The lowest BCUT2D eigenvalue weighted by molar-refractivity contribution is 0.775. The monoisotopic (exact) mass is 624 g/mol. The fourth-order valence-corrected chi connectivity index (χ4v) is 8.03. The summed E-state index contributed by atoms with van der Waals surface area (Å²) < 4.78 is 0. The molecule has 8 aromatic rings. The molecule has 228 valence electrons. The highest BCUT2D eigenvalue weighted by atomic mass is 15.0. The van der Waals surface area contributed by atoms with Crippen LogP contribution in [0, 0.1) is 0 Å². The van der Waals surface area contributed by atoms with Crippen LogP contribution in [0.25, 0.3) is 67.5 Å². The van der Waals surface area contributed by atoms with Gasteiger partial charge in [-0.25, -0.2) is 15.0 Å². The van der Waals surface area contributed by atoms with Crippen LogP contribution in [0.1, 0.15) is 22.3 Å². The molecule has 0 radical (unpaired) electrons. The molecule has 0 fully saturated rings. The third-order valence-electron chi connectivity index (χ3n) is 10.1. The van der Waals surface area contributed by atoms with Crippen LogP contribution in [0.15, 0.2) is 170 Å². The van der Waals surface area contributed by atoms with Gasteiger partial charge in [0.1, 0.15) is 0 Å². The van der Waals surface area contributed by atoms with Crippen LogP contribution in [0.2, 0.25) is 0 Å². The Labute approximate surface area is 284 Å². The van der Waals surface area contributed by atoms with Crippen molar-refractivity contribution in [3.05, 3.63) is 192 Å². The number of rotatable bonds is 3. The Kier molecular flexibility index (Phi) is 6.06. The number of nitrogens with zero attached hydrogens (tertiary/aromatic N) is 4. The molecular formula is C45H28N4. The minimum absolute atomic E-state index is 0.574. The van der Waals surface area contributed by atoms with Crippen molar-refractivity contribution >= 4 is 0 Å². The molecule has 6 aromatic carbocycles. The van der Waals surface area contributed by atoms with Crippen molar-refractivity contribution in [2.45, 2.75) is 5.41 Å². The van der Waals surface area contributed by atoms with Crippen molar-refractivity contribution in [1.82, 2.24) is 19.9 Å². The van der Waals surface area contributed by atoms with Gasteiger partial charge in [-0.3, -0.25) is 4.98 Å². The van der Waals surface area contributed by atoms with Gasteiger partial charge < -0.3 is 0 Å². The molecule has 0 unspecified atom stereocenters. The van der Waals surface area contributed by atoms with Crippen LogP contribution < -0.4 is 0 Å². The van der Waals surface area contributed by atoms with E-state index in [9.17, 15) is 0 Å². The molecule has 2 heterocycles. The van der Waals surface area contributed by atoms with Crippen molar-refractivity contribution in [3.8, 4) is 67.5 Å². The van der Waals surface area contributed by atoms with E-state index in [1.165, 1.54) is 55.6 Å². The van der Waals surface area contributed by atoms with Gasteiger partial charge in [0, 0.05) is 29.1 Å². The molecule has 1 spiro atoms. The van der Waals surface area contributed by atoms with Crippen LogP contribution in [-0.4, -0.2) is 19.9 Å². The smallest absolute Gasteiger partial charge is 0.165 e. The van der Waals surface area contributed by atoms with Gasteiger partial charge >= 0.3 is 0 Å². The van der Waals surface area contributed by atoms with Crippen molar-refractivity contribution in [2.75, 3.05) is 0 Å². The summed E-state index contributed by atoms with van der Waals surface area (Å²) in [7, 11) is 0. The third-order valence-corrected chi connectivity index (χ3v) is 10.1. The second kappa shape index (κ2) is 10.8. The molecule has 0 saturated heterocycles. The number of fused-ring (bicyclic) bond motifs is 12. The first kappa shape index (κ1) is 27.6. The molecule has 4 nitrogen and oxygen atoms in total. The SMILES string of the molecule is c1ccc(-c2nc(-c3cccnc3)nc(-c3ccc4c(c3)C3(c5ccccc5-c5ccccc5-4)c4ccccc4-c4ccccc43)n2)cc1. The van der Waals surface area contributed by atoms with Gasteiger partial charge in [0.05, 0.1) is 5.41 Å². The van der Waals surface area contributed by atoms with Crippen LogP contribution in [0.4, 0.5) is 0 Å². The number of pyridine rings is 1. The molecule has 2 aliphatic rings. The van der Waals surface area contributed by atoms with E-state index in [1.54, 1.807) is 12.4 Å². The Morgan fingerprint density at radius 3 is 1.35 bits per heavy atom. The first-order chi connectivity index (χ1) is 24.3. The lowest BCUT2D eigenvalue weighted by Crippen LogP contribution is -2.29. The van der Waals surface area contributed by atoms with E-state index in [0.29, 0.717) is 17.5 Å². The second-order valence-electron chi connectivity index (χ2n) is 12.6. The van der Waals surface area contributed by atoms with Gasteiger partial charge in [-0.1, -0.05) is 140 Å². The van der Waals surface area contributed by atoms with Gasteiger partial charge in [0.2, 0.25) is 0 Å². The van der Waals surface area contributed by atoms with Gasteiger partial charge in [-0.05, 0) is 73.8 Å². The summed E-state index contributed by atoms with van der Waals surface area (Å²) in [6, 6.07) is 56.4. The lowest BCUT2D eigenvalue weighted by Gasteiger charge is -2.35. The van der Waals surface area contributed by atoms with Gasteiger partial charge in [-0.15, -0.1) is 0 Å². The molecule has 0 N–H and O–H groups in total. The second-order valence-corrected chi connectivity index (χ2v) is 12.6. The average molecular weight is 625 g/mol. The Bertz CT molecular complexity index is 2450. The maximum Gasteiger partial charge on any atom is 0.165 e. The predicted octanol–water partition coefficient (Wildman–Crippen LogP) is 10.3. The lowest BCUT2D eigenvalue weighted by atomic mass is 9.65. The summed E-state index contributed by atoms with van der Waals surface area (Å²) in [5.74, 6) is 1.84. The quantitative estimate of drug-likeness (QED) is 0.196. The Balaban J connectivity index is 1.32. The van der Waals surface area contributed by atoms with E-state index in [4.69, 9.17) is 15.0 Å². The molecular weight excluding hydrogens is 597 g/mol. The zero-order chi connectivity index (χ0) is 32.4. The summed E-state index contributed by atoms with van der Waals surface area (Å²) in [6.45, 7) is 0. The average Bonchev–Trinajstić information content (AvgIpc) is 3.43. The maximum absolute atomic E-state index is 5.12. The Hall–Kier alpha value is -6.52. The summed E-state index contributed by atoms with van der Waals surface area (Å²) in [4.78, 5) is 19.5. The summed E-state index contributed by atoms with van der Waals surface area (Å²) in [5, 5.41) is 0. The van der Waals surface area contributed by atoms with E-state index in [1.807, 2.05) is 42.5 Å². The van der Waals surface area contributed by atoms with Crippen LogP contribution >= 0.6 is 0 Å². The van der Waals surface area contributed by atoms with Gasteiger partial charge in [-0.2, -0.15) is 0 Å². The zero-order valence-corrected chi connectivity index (χ0v) is 26.5. The fraction of sp³-hybridized carbons (Fsp3) is 0.0222. The van der Waals surface area contributed by atoms with Crippen LogP contribution in [0.5, 0.6) is 0 Å². The van der Waals surface area contributed by atoms with Crippen LogP contribution in [-0.2, 0) is 5.41 Å². The highest BCUT2D eigenvalue weighted by molar-refractivity contribution is 5.97. The van der Waals surface area contributed by atoms with Gasteiger partial charge in [0.15, 0.2) is 17.5 Å². The molecule has 2 aromatic heterocycles. The Morgan fingerprint density at radius 1 is 0.327 bits per heavy atom. The molecule has 0 aliphatic heterocycles. The minimum Gasteiger partial charge on any atom is -0.264 e. The molecule has 0 atom stereocenters. The van der Waals surface area contributed by atoms with E-state index in [2.05, 4.69) is 120 Å². The molecule has 0 bridgehead atoms. The Morgan fingerprint density at radius 2 is 0.776 bits per heavy atom. The number of hydrogen-bond acceptors (Lipinski definition) is 4. The van der Waals surface area contributed by atoms with E-state index < -0.39 is 5.41 Å². The number of aromatic nitrogens is 4. The molecule has 10 rings (SSSR count). The zero-order valence-electron chi connectivity index (χ0n) is 26.5. The van der Waals surface area contributed by atoms with Gasteiger partial charge in [0.25, 0.3) is 0 Å². The van der Waals surface area contributed by atoms with Crippen molar-refractivity contribution in [3.63, 3.8) is 0 Å². The molecule has 2 aliphatic carbocycles. The normalized spacial score (nSPS) is 13.1. The largest absolute Gasteiger partial charge is 0.264 e. The van der Waals surface area contributed by atoms with E-state index in [0.717, 1.165) is 16.7 Å². The molecule has 0 saturated carbocycles. The van der Waals surface area contributed by atoms with E-state index >= 15 is 0 Å². The summed E-state index contributed by atoms with van der Waals surface area (Å²) in [6.07, 6.45) is 3.57. The van der Waals surface area contributed by atoms with Crippen LogP contribution in [0.3, 0.4) is 0 Å². The topological polar surface area (TPSA) is 51.6 Å². The third kappa shape index (κ3) is 4.04. The van der Waals surface area contributed by atoms with Crippen molar-refractivity contribution in [1.29, 1.82) is 0 Å². The van der Waals surface area contributed by atoms with E-state index in [-0.39, 0.29) is 0 Å². The standard InChI is InChI=1S/C45H28N4/c1-2-13-29(14-3-1)42-47-43(49-44(48-42)31-15-12-26-46-28-31)30-24-25-37-33-17-5-4-16-32(33)34-18-6-9-21-38(34)45(41(37)27-30)39-22-10-7-19-35(39)36-20-8-11-23-40(36)45/h1-28H. The first-order valence-electron chi connectivity index (χ1n) is 16.6. The fourth-order valence-electron chi connectivity index (χ4n) is 8.03. The number of benzene rings is 6. The molecule has 0 amide bonds. The highest BCUT2D eigenvalue weighted by Gasteiger charge is 2.49. The first-order valence-corrected chi connectivity index (χ1v) is 16.6. The predicted molar refractivity (Wildman–Crippen MR) is 196 cm³/mol. The molecule has 49 heavy (non-hydrogen) atoms. The minimum atomic E-state index is -0.574. The molecule has 4 heteroatoms. The highest BCUT2D eigenvalue weighted by Crippen LogP contribution is 2.61. The number of hydrogen-bond donors (Lipinski definition) is 0. The van der Waals surface area contributed by atoms with Crippen molar-refractivity contribution < 1.29 is 0 Å². The summed E-state index contributed by atoms with van der Waals surface area (Å²) >= 11 is 0. The maximum atomic E-state index is 5.12. The van der Waals surface area contributed by atoms with Crippen molar-refractivity contribution in [2.24, 2.45) is 0 Å². The summed E-state index contributed by atoms with van der Waals surface area (Å²) in [5.41, 5.74) is 14.6.